The van der Waals surface area contributed by atoms with Gasteiger partial charge in [0.2, 0.25) is 0 Å². The minimum absolute atomic E-state index is 0.0855. The second kappa shape index (κ2) is 3.79. The molecule has 0 heterocycles. The summed E-state index contributed by atoms with van der Waals surface area (Å²) in [7, 11) is 0. The second-order valence-electron chi connectivity index (χ2n) is 4.37. The van der Waals surface area contributed by atoms with Crippen molar-refractivity contribution in [2.75, 3.05) is 12.8 Å². The zero-order chi connectivity index (χ0) is 9.31. The van der Waals surface area contributed by atoms with Crippen molar-refractivity contribution in [2.24, 2.45) is 0 Å². The van der Waals surface area contributed by atoms with Gasteiger partial charge in [-0.3, -0.25) is 0 Å². The Kier molecular flexibility index (Phi) is 2.86. The topological polar surface area (TPSA) is 32.3 Å². The average molecular weight is 201 g/mol. The Morgan fingerprint density at radius 1 is 1.46 bits per heavy atom. The van der Waals surface area contributed by atoms with E-state index in [1.54, 1.807) is 0 Å². The third-order valence-electron chi connectivity index (χ3n) is 3.41. The lowest BCUT2D eigenvalue weighted by Crippen LogP contribution is -2.40. The first kappa shape index (κ1) is 9.81. The Morgan fingerprint density at radius 3 is 2.69 bits per heavy atom. The van der Waals surface area contributed by atoms with Crippen molar-refractivity contribution in [1.82, 2.24) is 5.32 Å². The summed E-state index contributed by atoms with van der Waals surface area (Å²) in [5.41, 5.74) is 0. The molecule has 0 radical (unpaired) electrons. The Labute approximate surface area is 84.5 Å². The van der Waals surface area contributed by atoms with Crippen LogP contribution in [0.4, 0.5) is 0 Å². The Balaban J connectivity index is 1.73. The molecule has 2 aliphatic rings. The lowest BCUT2D eigenvalue weighted by atomic mass is 10.2. The van der Waals surface area contributed by atoms with Crippen LogP contribution in [0.5, 0.6) is 0 Å². The maximum atomic E-state index is 9.61. The van der Waals surface area contributed by atoms with E-state index < -0.39 is 0 Å². The molecule has 76 valence electrons. The summed E-state index contributed by atoms with van der Waals surface area (Å²) < 4.78 is 0.530. The van der Waals surface area contributed by atoms with Crippen LogP contribution in [-0.2, 0) is 0 Å². The molecular weight excluding hydrogens is 182 g/mol. The second-order valence-corrected chi connectivity index (χ2v) is 5.65. The number of aliphatic hydroxyl groups excluding tert-OH is 1. The minimum atomic E-state index is -0.0855. The molecular formula is C10H19NOS. The van der Waals surface area contributed by atoms with E-state index in [0.29, 0.717) is 10.8 Å². The molecule has 2 unspecified atom stereocenters. The van der Waals surface area contributed by atoms with E-state index >= 15 is 0 Å². The van der Waals surface area contributed by atoms with E-state index in [1.165, 1.54) is 19.3 Å². The summed E-state index contributed by atoms with van der Waals surface area (Å²) in [6.07, 6.45) is 8.15. The molecule has 2 rings (SSSR count). The van der Waals surface area contributed by atoms with E-state index in [0.717, 1.165) is 19.4 Å². The van der Waals surface area contributed by atoms with Gasteiger partial charge in [-0.25, -0.2) is 0 Å². The van der Waals surface area contributed by atoms with Crippen molar-refractivity contribution < 1.29 is 5.11 Å². The zero-order valence-electron chi connectivity index (χ0n) is 8.25. The molecule has 0 bridgehead atoms. The van der Waals surface area contributed by atoms with Crippen LogP contribution in [-0.4, -0.2) is 34.8 Å². The molecule has 2 aliphatic carbocycles. The third kappa shape index (κ3) is 2.20. The zero-order valence-corrected chi connectivity index (χ0v) is 9.07. The first-order valence-corrected chi connectivity index (χ1v) is 6.45. The fourth-order valence-corrected chi connectivity index (χ4v) is 2.83. The fraction of sp³-hybridized carbons (Fsp3) is 1.00. The van der Waals surface area contributed by atoms with E-state index in [-0.39, 0.29) is 6.10 Å². The molecule has 13 heavy (non-hydrogen) atoms. The summed E-state index contributed by atoms with van der Waals surface area (Å²) >= 11 is 1.98. The lowest BCUT2D eigenvalue weighted by Gasteiger charge is -2.20. The van der Waals surface area contributed by atoms with Crippen LogP contribution in [0.15, 0.2) is 0 Å². The van der Waals surface area contributed by atoms with Crippen LogP contribution < -0.4 is 5.32 Å². The Morgan fingerprint density at radius 2 is 2.23 bits per heavy atom. The van der Waals surface area contributed by atoms with E-state index in [9.17, 15) is 5.11 Å². The third-order valence-corrected chi connectivity index (χ3v) is 4.83. The van der Waals surface area contributed by atoms with Gasteiger partial charge in [0.1, 0.15) is 0 Å². The molecule has 2 N–H and O–H groups in total. The summed E-state index contributed by atoms with van der Waals surface area (Å²) in [5, 5.41) is 13.1. The van der Waals surface area contributed by atoms with E-state index in [4.69, 9.17) is 0 Å². The minimum Gasteiger partial charge on any atom is -0.392 e. The number of hydrogen-bond donors (Lipinski definition) is 2. The van der Waals surface area contributed by atoms with Crippen molar-refractivity contribution >= 4 is 11.8 Å². The highest BCUT2D eigenvalue weighted by atomic mass is 32.2. The monoisotopic (exact) mass is 201 g/mol. The maximum absolute atomic E-state index is 9.61. The van der Waals surface area contributed by atoms with Crippen molar-refractivity contribution in [2.45, 2.75) is 49.0 Å². The highest BCUT2D eigenvalue weighted by molar-refractivity contribution is 8.00. The number of rotatable bonds is 4. The van der Waals surface area contributed by atoms with Crippen LogP contribution in [0.1, 0.15) is 32.1 Å². The van der Waals surface area contributed by atoms with Gasteiger partial charge in [0.25, 0.3) is 0 Å². The summed E-state index contributed by atoms with van der Waals surface area (Å²) in [5.74, 6) is 0. The van der Waals surface area contributed by atoms with Crippen LogP contribution in [0, 0.1) is 0 Å². The number of hydrogen-bond acceptors (Lipinski definition) is 3. The first-order valence-electron chi connectivity index (χ1n) is 5.22. The highest BCUT2D eigenvalue weighted by Gasteiger charge is 2.42. The van der Waals surface area contributed by atoms with Gasteiger partial charge in [-0.1, -0.05) is 0 Å². The molecule has 3 heteroatoms. The molecule has 0 aromatic heterocycles. The number of nitrogens with one attached hydrogen (secondary N) is 1. The molecule has 0 amide bonds. The van der Waals surface area contributed by atoms with Crippen molar-refractivity contribution in [1.29, 1.82) is 0 Å². The predicted molar refractivity (Wildman–Crippen MR) is 57.1 cm³/mol. The number of thioether (sulfide) groups is 1. The van der Waals surface area contributed by atoms with Crippen LogP contribution in [0.2, 0.25) is 0 Å². The predicted octanol–water partition coefficient (Wildman–Crippen LogP) is 1.39. The van der Waals surface area contributed by atoms with Crippen LogP contribution in [0.25, 0.3) is 0 Å². The van der Waals surface area contributed by atoms with Gasteiger partial charge >= 0.3 is 0 Å². The quantitative estimate of drug-likeness (QED) is 0.721. The van der Waals surface area contributed by atoms with Gasteiger partial charge in [0.15, 0.2) is 0 Å². The highest BCUT2D eigenvalue weighted by Crippen LogP contribution is 2.46. The molecule has 0 saturated heterocycles. The Hall–Kier alpha value is 0.270. The molecule has 2 saturated carbocycles. The van der Waals surface area contributed by atoms with Crippen LogP contribution >= 0.6 is 11.8 Å². The van der Waals surface area contributed by atoms with Gasteiger partial charge in [0, 0.05) is 17.3 Å². The smallest absolute Gasteiger partial charge is 0.0693 e. The van der Waals surface area contributed by atoms with E-state index in [2.05, 4.69) is 11.6 Å². The molecule has 2 nitrogen and oxygen atoms in total. The molecule has 2 fully saturated rings. The first-order chi connectivity index (χ1) is 6.26. The summed E-state index contributed by atoms with van der Waals surface area (Å²) in [6.45, 7) is 1.09. The summed E-state index contributed by atoms with van der Waals surface area (Å²) in [4.78, 5) is 0. The molecule has 0 aromatic carbocycles. The van der Waals surface area contributed by atoms with Crippen molar-refractivity contribution in [3.63, 3.8) is 0 Å². The van der Waals surface area contributed by atoms with Crippen molar-refractivity contribution in [3.8, 4) is 0 Å². The standard InChI is InChI=1S/C10H19NOS/c1-13-10(5-6-10)7-11-8-3-2-4-9(8)12/h8-9,11-12H,2-7H2,1H3. The molecule has 0 aliphatic heterocycles. The van der Waals surface area contributed by atoms with E-state index in [1.807, 2.05) is 11.8 Å². The molecule has 0 aromatic rings. The maximum Gasteiger partial charge on any atom is 0.0693 e. The van der Waals surface area contributed by atoms with Gasteiger partial charge < -0.3 is 10.4 Å². The van der Waals surface area contributed by atoms with Gasteiger partial charge in [-0.15, -0.1) is 0 Å². The van der Waals surface area contributed by atoms with Gasteiger partial charge in [-0.2, -0.15) is 11.8 Å². The SMILES string of the molecule is CSC1(CNC2CCCC2O)CC1. The lowest BCUT2D eigenvalue weighted by molar-refractivity contribution is 0.149. The van der Waals surface area contributed by atoms with Gasteiger partial charge in [-0.05, 0) is 38.4 Å². The largest absolute Gasteiger partial charge is 0.392 e. The van der Waals surface area contributed by atoms with Crippen LogP contribution in [0.3, 0.4) is 0 Å². The average Bonchev–Trinajstić information content (AvgIpc) is 2.82. The Bertz CT molecular complexity index is 182. The fourth-order valence-electron chi connectivity index (χ4n) is 2.09. The van der Waals surface area contributed by atoms with Crippen molar-refractivity contribution in [3.05, 3.63) is 0 Å². The number of aliphatic hydroxyl groups is 1. The molecule has 2 atom stereocenters. The van der Waals surface area contributed by atoms with Gasteiger partial charge in [0.05, 0.1) is 6.10 Å². The molecule has 0 spiro atoms. The normalized spacial score (nSPS) is 36.5. The summed E-state index contributed by atoms with van der Waals surface area (Å²) in [6, 6.07) is 0.379.